The highest BCUT2D eigenvalue weighted by atomic mass is 79.9. The van der Waals surface area contributed by atoms with Gasteiger partial charge in [-0.1, -0.05) is 34.1 Å². The maximum atomic E-state index is 12.9. The molecule has 0 saturated carbocycles. The SMILES string of the molecule is CC1=NN(c2cccc(Br)c2)C(=O)/C1=C\c1ccc(N2CCOCC2)cc1. The van der Waals surface area contributed by atoms with Gasteiger partial charge in [0, 0.05) is 23.2 Å². The zero-order valence-electron chi connectivity index (χ0n) is 15.1. The first-order valence-corrected chi connectivity index (χ1v) is 9.71. The second-order valence-electron chi connectivity index (χ2n) is 6.53. The molecule has 2 aromatic rings. The maximum Gasteiger partial charge on any atom is 0.280 e. The highest BCUT2D eigenvalue weighted by Gasteiger charge is 2.28. The number of rotatable bonds is 3. The number of ether oxygens (including phenoxy) is 1. The lowest BCUT2D eigenvalue weighted by molar-refractivity contribution is -0.114. The molecule has 0 N–H and O–H groups in total. The summed E-state index contributed by atoms with van der Waals surface area (Å²) in [5, 5.41) is 5.89. The van der Waals surface area contributed by atoms with E-state index in [1.54, 1.807) is 0 Å². The summed E-state index contributed by atoms with van der Waals surface area (Å²) in [6.45, 7) is 5.21. The fraction of sp³-hybridized carbons (Fsp3) is 0.238. The third kappa shape index (κ3) is 3.82. The van der Waals surface area contributed by atoms with Gasteiger partial charge in [-0.25, -0.2) is 0 Å². The summed E-state index contributed by atoms with van der Waals surface area (Å²) in [6, 6.07) is 15.8. The van der Waals surface area contributed by atoms with Crippen molar-refractivity contribution in [3.63, 3.8) is 0 Å². The van der Waals surface area contributed by atoms with Gasteiger partial charge in [-0.2, -0.15) is 10.1 Å². The van der Waals surface area contributed by atoms with E-state index < -0.39 is 0 Å². The number of carbonyl (C=O) groups excluding carboxylic acids is 1. The van der Waals surface area contributed by atoms with Crippen LogP contribution >= 0.6 is 15.9 Å². The normalized spacial score (nSPS) is 19.0. The number of morpholine rings is 1. The molecule has 0 unspecified atom stereocenters. The van der Waals surface area contributed by atoms with Crippen molar-refractivity contribution < 1.29 is 9.53 Å². The van der Waals surface area contributed by atoms with E-state index in [0.717, 1.165) is 47.7 Å². The van der Waals surface area contributed by atoms with Crippen molar-refractivity contribution >= 4 is 45.0 Å². The largest absolute Gasteiger partial charge is 0.378 e. The molecule has 2 aliphatic rings. The average molecular weight is 426 g/mol. The van der Waals surface area contributed by atoms with Crippen LogP contribution in [0.15, 0.2) is 63.7 Å². The molecule has 5 nitrogen and oxygen atoms in total. The maximum absolute atomic E-state index is 12.9. The molecule has 1 saturated heterocycles. The van der Waals surface area contributed by atoms with Crippen LogP contribution in [0.25, 0.3) is 6.08 Å². The van der Waals surface area contributed by atoms with E-state index in [1.807, 2.05) is 49.4 Å². The van der Waals surface area contributed by atoms with Crippen molar-refractivity contribution in [3.05, 3.63) is 64.1 Å². The molecular weight excluding hydrogens is 406 g/mol. The number of hydrogen-bond donors (Lipinski definition) is 0. The molecule has 0 bridgehead atoms. The summed E-state index contributed by atoms with van der Waals surface area (Å²) in [6.07, 6.45) is 1.91. The van der Waals surface area contributed by atoms with Crippen LogP contribution in [-0.4, -0.2) is 37.9 Å². The Bertz CT molecular complexity index is 915. The molecule has 6 heteroatoms. The number of halogens is 1. The second kappa shape index (κ2) is 7.66. The van der Waals surface area contributed by atoms with E-state index in [2.05, 4.69) is 38.1 Å². The standard InChI is InChI=1S/C21H20BrN3O2/c1-15-20(21(26)25(23-15)19-4-2-3-17(22)14-19)13-16-5-7-18(8-6-16)24-9-11-27-12-10-24/h2-8,13-14H,9-12H2,1H3/b20-13-. The van der Waals surface area contributed by atoms with Gasteiger partial charge in [0.25, 0.3) is 5.91 Å². The van der Waals surface area contributed by atoms with Gasteiger partial charge in [-0.15, -0.1) is 0 Å². The zero-order chi connectivity index (χ0) is 18.8. The van der Waals surface area contributed by atoms with Gasteiger partial charge in [-0.3, -0.25) is 4.79 Å². The van der Waals surface area contributed by atoms with Crippen molar-refractivity contribution in [1.29, 1.82) is 0 Å². The number of carbonyl (C=O) groups is 1. The number of anilines is 2. The van der Waals surface area contributed by atoms with Crippen molar-refractivity contribution in [2.75, 3.05) is 36.2 Å². The molecule has 27 heavy (non-hydrogen) atoms. The van der Waals surface area contributed by atoms with Crippen LogP contribution in [0.4, 0.5) is 11.4 Å². The molecule has 0 aliphatic carbocycles. The van der Waals surface area contributed by atoms with Crippen LogP contribution in [0.1, 0.15) is 12.5 Å². The highest BCUT2D eigenvalue weighted by Crippen LogP contribution is 2.27. The Labute approximate surface area is 167 Å². The lowest BCUT2D eigenvalue weighted by atomic mass is 10.1. The minimum absolute atomic E-state index is 0.108. The van der Waals surface area contributed by atoms with E-state index >= 15 is 0 Å². The third-order valence-electron chi connectivity index (χ3n) is 4.70. The van der Waals surface area contributed by atoms with Gasteiger partial charge in [0.15, 0.2) is 0 Å². The molecule has 0 aromatic heterocycles. The molecule has 1 amide bonds. The topological polar surface area (TPSA) is 45.1 Å². The number of hydrogen-bond acceptors (Lipinski definition) is 4. The third-order valence-corrected chi connectivity index (χ3v) is 5.19. The molecule has 4 rings (SSSR count). The first-order chi connectivity index (χ1) is 13.1. The number of hydrazone groups is 1. The number of benzene rings is 2. The van der Waals surface area contributed by atoms with Crippen molar-refractivity contribution in [3.8, 4) is 0 Å². The average Bonchev–Trinajstić information content (AvgIpc) is 2.97. The summed E-state index contributed by atoms with van der Waals surface area (Å²) in [5.74, 6) is -0.108. The Hall–Kier alpha value is -2.44. The van der Waals surface area contributed by atoms with Gasteiger partial charge < -0.3 is 9.64 Å². The molecule has 138 valence electrons. The van der Waals surface area contributed by atoms with Gasteiger partial charge >= 0.3 is 0 Å². The molecule has 0 spiro atoms. The molecule has 1 fully saturated rings. The molecule has 2 aliphatic heterocycles. The zero-order valence-corrected chi connectivity index (χ0v) is 16.6. The minimum Gasteiger partial charge on any atom is -0.378 e. The van der Waals surface area contributed by atoms with Crippen LogP contribution in [0, 0.1) is 0 Å². The Kier molecular flexibility index (Phi) is 5.09. The Balaban J connectivity index is 1.55. The Morgan fingerprint density at radius 1 is 1.07 bits per heavy atom. The molecule has 0 atom stereocenters. The summed E-state index contributed by atoms with van der Waals surface area (Å²) < 4.78 is 6.32. The fourth-order valence-electron chi connectivity index (χ4n) is 3.24. The Morgan fingerprint density at radius 3 is 2.52 bits per heavy atom. The lowest BCUT2D eigenvalue weighted by Crippen LogP contribution is -2.36. The van der Waals surface area contributed by atoms with Gasteiger partial charge in [0.2, 0.25) is 0 Å². The van der Waals surface area contributed by atoms with Crippen LogP contribution in [-0.2, 0) is 9.53 Å². The van der Waals surface area contributed by atoms with Crippen molar-refractivity contribution in [2.45, 2.75) is 6.92 Å². The predicted molar refractivity (Wildman–Crippen MR) is 112 cm³/mol. The summed E-state index contributed by atoms with van der Waals surface area (Å²) in [7, 11) is 0. The van der Waals surface area contributed by atoms with Crippen molar-refractivity contribution in [2.24, 2.45) is 5.10 Å². The van der Waals surface area contributed by atoms with Crippen LogP contribution < -0.4 is 9.91 Å². The van der Waals surface area contributed by atoms with E-state index in [9.17, 15) is 4.79 Å². The number of amides is 1. The summed E-state index contributed by atoms with van der Waals surface area (Å²) >= 11 is 3.44. The van der Waals surface area contributed by atoms with Gasteiger partial charge in [-0.05, 0) is 48.9 Å². The Morgan fingerprint density at radius 2 is 1.81 bits per heavy atom. The van der Waals surface area contributed by atoms with Crippen molar-refractivity contribution in [1.82, 2.24) is 0 Å². The highest BCUT2D eigenvalue weighted by molar-refractivity contribution is 9.10. The quantitative estimate of drug-likeness (QED) is 0.695. The van der Waals surface area contributed by atoms with Gasteiger partial charge in [0.1, 0.15) is 0 Å². The van der Waals surface area contributed by atoms with Crippen LogP contribution in [0.3, 0.4) is 0 Å². The predicted octanol–water partition coefficient (Wildman–Crippen LogP) is 4.09. The lowest BCUT2D eigenvalue weighted by Gasteiger charge is -2.28. The first kappa shape index (κ1) is 17.9. The monoisotopic (exact) mass is 425 g/mol. The van der Waals surface area contributed by atoms with E-state index in [0.29, 0.717) is 5.57 Å². The molecular formula is C21H20BrN3O2. The van der Waals surface area contributed by atoms with E-state index in [-0.39, 0.29) is 5.91 Å². The first-order valence-electron chi connectivity index (χ1n) is 8.92. The summed E-state index contributed by atoms with van der Waals surface area (Å²) in [5.41, 5.74) is 4.26. The smallest absolute Gasteiger partial charge is 0.280 e. The van der Waals surface area contributed by atoms with Crippen LogP contribution in [0.2, 0.25) is 0 Å². The van der Waals surface area contributed by atoms with E-state index in [4.69, 9.17) is 4.74 Å². The number of nitrogens with zero attached hydrogens (tertiary/aromatic N) is 3. The van der Waals surface area contributed by atoms with Crippen LogP contribution in [0.5, 0.6) is 0 Å². The minimum atomic E-state index is -0.108. The second-order valence-corrected chi connectivity index (χ2v) is 7.45. The van der Waals surface area contributed by atoms with E-state index in [1.165, 1.54) is 10.7 Å². The molecule has 2 heterocycles. The molecule has 0 radical (unpaired) electrons. The summed E-state index contributed by atoms with van der Waals surface area (Å²) in [4.78, 5) is 15.2. The fourth-order valence-corrected chi connectivity index (χ4v) is 3.62. The van der Waals surface area contributed by atoms with Gasteiger partial charge in [0.05, 0.1) is 30.2 Å². The molecule has 2 aromatic carbocycles.